The summed E-state index contributed by atoms with van der Waals surface area (Å²) < 4.78 is 10.2. The molecule has 0 aromatic heterocycles. The summed E-state index contributed by atoms with van der Waals surface area (Å²) in [6.45, 7) is 0. The van der Waals surface area contributed by atoms with E-state index < -0.39 is 11.9 Å². The van der Waals surface area contributed by atoms with Gasteiger partial charge in [0.25, 0.3) is 0 Å². The molecule has 1 rings (SSSR count). The van der Waals surface area contributed by atoms with E-state index in [-0.39, 0.29) is 6.42 Å². The second-order valence-corrected chi connectivity index (χ2v) is 3.40. The van der Waals surface area contributed by atoms with Gasteiger partial charge < -0.3 is 14.6 Å². The van der Waals surface area contributed by atoms with E-state index in [0.29, 0.717) is 17.1 Å². The molecule has 0 aliphatic heterocycles. The van der Waals surface area contributed by atoms with E-state index >= 15 is 0 Å². The molecule has 0 amide bonds. The van der Waals surface area contributed by atoms with E-state index in [1.165, 1.54) is 14.2 Å². The Labute approximate surface area is 99.2 Å². The van der Waals surface area contributed by atoms with Gasteiger partial charge in [0.1, 0.15) is 17.4 Å². The largest absolute Gasteiger partial charge is 0.497 e. The highest BCUT2D eigenvalue weighted by atomic mass is 16.5. The maximum atomic E-state index is 10.8. The molecule has 1 N–H and O–H groups in total. The fourth-order valence-electron chi connectivity index (χ4n) is 1.45. The summed E-state index contributed by atoms with van der Waals surface area (Å²) in [4.78, 5) is 10.8. The number of hydrogen-bond donors (Lipinski definition) is 1. The van der Waals surface area contributed by atoms with Crippen molar-refractivity contribution in [3.8, 4) is 17.6 Å². The zero-order valence-electron chi connectivity index (χ0n) is 9.64. The molecule has 0 spiro atoms. The van der Waals surface area contributed by atoms with Gasteiger partial charge in [-0.15, -0.1) is 0 Å². The first kappa shape index (κ1) is 12.8. The first-order valence-corrected chi connectivity index (χ1v) is 4.95. The molecule has 5 nitrogen and oxygen atoms in total. The van der Waals surface area contributed by atoms with Crippen LogP contribution in [0.1, 0.15) is 5.56 Å². The number of aliphatic carboxylic acids is 1. The Morgan fingerprint density at radius 3 is 2.65 bits per heavy atom. The third-order valence-electron chi connectivity index (χ3n) is 2.37. The number of benzene rings is 1. The highest BCUT2D eigenvalue weighted by molar-refractivity contribution is 5.73. The molecule has 0 radical (unpaired) electrons. The van der Waals surface area contributed by atoms with Crippen molar-refractivity contribution in [2.75, 3.05) is 14.2 Å². The number of methoxy groups -OCH3 is 2. The van der Waals surface area contributed by atoms with Crippen LogP contribution in [0.15, 0.2) is 18.2 Å². The molecule has 0 bridgehead atoms. The van der Waals surface area contributed by atoms with Crippen LogP contribution in [0, 0.1) is 17.2 Å². The average Bonchev–Trinajstić information content (AvgIpc) is 2.35. The number of nitrogens with zero attached hydrogens (tertiary/aromatic N) is 1. The van der Waals surface area contributed by atoms with Gasteiger partial charge in [0.05, 0.1) is 20.3 Å². The summed E-state index contributed by atoms with van der Waals surface area (Å²) in [6, 6.07) is 6.81. The summed E-state index contributed by atoms with van der Waals surface area (Å²) >= 11 is 0. The maximum Gasteiger partial charge on any atom is 0.321 e. The van der Waals surface area contributed by atoms with Gasteiger partial charge in [-0.25, -0.2) is 0 Å². The van der Waals surface area contributed by atoms with Crippen LogP contribution in [0.4, 0.5) is 0 Å². The topological polar surface area (TPSA) is 79.5 Å². The third-order valence-corrected chi connectivity index (χ3v) is 2.37. The van der Waals surface area contributed by atoms with Crippen molar-refractivity contribution in [1.29, 1.82) is 5.26 Å². The van der Waals surface area contributed by atoms with Gasteiger partial charge in [0.15, 0.2) is 0 Å². The molecule has 0 heterocycles. The van der Waals surface area contributed by atoms with E-state index in [1.54, 1.807) is 24.3 Å². The molecule has 0 unspecified atom stereocenters. The lowest BCUT2D eigenvalue weighted by molar-refractivity contribution is -0.139. The number of hydrogen-bond acceptors (Lipinski definition) is 4. The summed E-state index contributed by atoms with van der Waals surface area (Å²) in [7, 11) is 3.01. The van der Waals surface area contributed by atoms with Crippen LogP contribution in [-0.2, 0) is 11.2 Å². The monoisotopic (exact) mass is 235 g/mol. The lowest BCUT2D eigenvalue weighted by Gasteiger charge is -2.11. The van der Waals surface area contributed by atoms with Crippen LogP contribution in [0.3, 0.4) is 0 Å². The van der Waals surface area contributed by atoms with Crippen LogP contribution in [0.25, 0.3) is 0 Å². The molecular formula is C12H13NO4. The number of carbonyl (C=O) groups is 1. The van der Waals surface area contributed by atoms with E-state index in [4.69, 9.17) is 19.8 Å². The zero-order chi connectivity index (χ0) is 12.8. The normalized spacial score (nSPS) is 11.4. The van der Waals surface area contributed by atoms with Gasteiger partial charge in [0, 0.05) is 6.42 Å². The number of rotatable bonds is 5. The number of carboxylic acids is 1. The van der Waals surface area contributed by atoms with Crippen molar-refractivity contribution in [1.82, 2.24) is 0 Å². The Hall–Kier alpha value is -2.22. The lowest BCUT2D eigenvalue weighted by atomic mass is 10.00. The zero-order valence-corrected chi connectivity index (χ0v) is 9.64. The Bertz CT molecular complexity index is 450. The summed E-state index contributed by atoms with van der Waals surface area (Å²) in [6.07, 6.45) is 0.0895. The molecule has 0 saturated heterocycles. The highest BCUT2D eigenvalue weighted by Gasteiger charge is 2.19. The summed E-state index contributed by atoms with van der Waals surface area (Å²) in [5.41, 5.74) is 0.640. The van der Waals surface area contributed by atoms with Gasteiger partial charge in [-0.3, -0.25) is 4.79 Å². The lowest BCUT2D eigenvalue weighted by Crippen LogP contribution is -2.14. The minimum absolute atomic E-state index is 0.0895. The standard InChI is InChI=1S/C12H13NO4/c1-16-10-3-4-11(17-2)8(6-10)5-9(7-13)12(14)15/h3-4,6,9H,5H2,1-2H3,(H,14,15)/t9-/m1/s1. The smallest absolute Gasteiger partial charge is 0.321 e. The molecule has 1 aromatic rings. The quantitative estimate of drug-likeness (QED) is 0.835. The van der Waals surface area contributed by atoms with Crippen LogP contribution >= 0.6 is 0 Å². The molecular weight excluding hydrogens is 222 g/mol. The molecule has 1 atom stereocenters. The van der Waals surface area contributed by atoms with Crippen molar-refractivity contribution < 1.29 is 19.4 Å². The SMILES string of the molecule is COc1ccc(OC)c(C[C@H](C#N)C(=O)O)c1. The van der Waals surface area contributed by atoms with Gasteiger partial charge in [-0.05, 0) is 23.8 Å². The third kappa shape index (κ3) is 3.11. The molecule has 0 aliphatic carbocycles. The minimum Gasteiger partial charge on any atom is -0.497 e. The van der Waals surface area contributed by atoms with Crippen molar-refractivity contribution in [3.63, 3.8) is 0 Å². The fraction of sp³-hybridized carbons (Fsp3) is 0.333. The highest BCUT2D eigenvalue weighted by Crippen LogP contribution is 2.26. The maximum absolute atomic E-state index is 10.8. The van der Waals surface area contributed by atoms with Crippen LogP contribution in [-0.4, -0.2) is 25.3 Å². The molecule has 0 fully saturated rings. The Morgan fingerprint density at radius 2 is 2.18 bits per heavy atom. The second kappa shape index (κ2) is 5.75. The number of nitriles is 1. The molecule has 17 heavy (non-hydrogen) atoms. The van der Waals surface area contributed by atoms with Crippen molar-refractivity contribution >= 4 is 5.97 Å². The van der Waals surface area contributed by atoms with Crippen LogP contribution in [0.5, 0.6) is 11.5 Å². The van der Waals surface area contributed by atoms with Crippen molar-refractivity contribution in [2.24, 2.45) is 5.92 Å². The first-order chi connectivity index (χ1) is 8.12. The summed E-state index contributed by atoms with van der Waals surface area (Å²) in [5, 5.41) is 17.6. The predicted octanol–water partition coefficient (Wildman–Crippen LogP) is 1.47. The van der Waals surface area contributed by atoms with E-state index in [1.807, 2.05) is 0 Å². The Kier molecular flexibility index (Phi) is 4.35. The minimum atomic E-state index is -1.14. The van der Waals surface area contributed by atoms with Gasteiger partial charge in [-0.2, -0.15) is 5.26 Å². The van der Waals surface area contributed by atoms with Gasteiger partial charge in [0.2, 0.25) is 0 Å². The predicted molar refractivity (Wildman–Crippen MR) is 60.0 cm³/mol. The van der Waals surface area contributed by atoms with E-state index in [0.717, 1.165) is 0 Å². The van der Waals surface area contributed by atoms with Crippen molar-refractivity contribution in [3.05, 3.63) is 23.8 Å². The first-order valence-electron chi connectivity index (χ1n) is 4.95. The Morgan fingerprint density at radius 1 is 1.47 bits per heavy atom. The van der Waals surface area contributed by atoms with Gasteiger partial charge in [-0.1, -0.05) is 0 Å². The van der Waals surface area contributed by atoms with Gasteiger partial charge >= 0.3 is 5.97 Å². The van der Waals surface area contributed by atoms with Crippen molar-refractivity contribution in [2.45, 2.75) is 6.42 Å². The summed E-state index contributed by atoms with van der Waals surface area (Å²) in [5.74, 6) is -1.08. The molecule has 1 aromatic carbocycles. The molecule has 0 saturated carbocycles. The Balaban J connectivity index is 3.02. The van der Waals surface area contributed by atoms with E-state index in [9.17, 15) is 4.79 Å². The van der Waals surface area contributed by atoms with Crippen LogP contribution in [0.2, 0.25) is 0 Å². The second-order valence-electron chi connectivity index (χ2n) is 3.40. The average molecular weight is 235 g/mol. The van der Waals surface area contributed by atoms with E-state index in [2.05, 4.69) is 0 Å². The number of ether oxygens (including phenoxy) is 2. The molecule has 90 valence electrons. The number of carboxylic acid groups (broad SMARTS) is 1. The molecule has 5 heteroatoms. The fourth-order valence-corrected chi connectivity index (χ4v) is 1.45. The van der Waals surface area contributed by atoms with Crippen LogP contribution < -0.4 is 9.47 Å². The molecule has 0 aliphatic rings.